The van der Waals surface area contributed by atoms with Gasteiger partial charge in [-0.15, -0.1) is 0 Å². The Morgan fingerprint density at radius 1 is 1.31 bits per heavy atom. The van der Waals surface area contributed by atoms with Crippen LogP contribution in [0.25, 0.3) is 22.3 Å². The van der Waals surface area contributed by atoms with E-state index in [1.807, 2.05) is 12.1 Å². The number of aliphatic hydroxyl groups is 1. The molecule has 4 heterocycles. The molecule has 0 aliphatic carbocycles. The molecule has 2 aliphatic rings. The average Bonchev–Trinajstić information content (AvgIpc) is 3.15. The maximum atomic E-state index is 14.2. The largest absolute Gasteiger partial charge is 0.458 e. The van der Waals surface area contributed by atoms with Gasteiger partial charge in [-0.1, -0.05) is 25.1 Å². The van der Waals surface area contributed by atoms with Crippen molar-refractivity contribution in [2.24, 2.45) is 0 Å². The molecular weight excluding hydrogens is 429 g/mol. The van der Waals surface area contributed by atoms with Crippen molar-refractivity contribution in [1.82, 2.24) is 9.55 Å². The molecule has 1 atom stereocenters. The Morgan fingerprint density at radius 2 is 2.06 bits per heavy atom. The number of ether oxygens (including phenoxy) is 2. The van der Waals surface area contributed by atoms with Crippen LogP contribution in [0.2, 0.25) is 0 Å². The van der Waals surface area contributed by atoms with Crippen LogP contribution in [0.5, 0.6) is 5.75 Å². The maximum absolute atomic E-state index is 14.2. The summed E-state index contributed by atoms with van der Waals surface area (Å²) in [7, 11) is 0. The molecule has 0 radical (unpaired) electrons. The van der Waals surface area contributed by atoms with Crippen molar-refractivity contribution in [3.05, 3.63) is 57.4 Å². The Balaban J connectivity index is 1.90. The number of hydrogen-bond acceptors (Lipinski definition) is 6. The number of cyclic esters (lactones) is 1. The molecular formula is C22H17F3N2O5. The molecule has 0 amide bonds. The standard InChI is InChI=1S/C22H17F3N2O5/c1-2-21(30)15-13(9-31-20(21)29)19(28)27-8-12-7-11-5-3-4-6-14(11)26-16(12)17(27)18(15)32-22(24,25)10-23/h3-7,30H,2,8-10H2,1H3/t21-/m0/s1. The number of halogens is 3. The van der Waals surface area contributed by atoms with Gasteiger partial charge in [0, 0.05) is 10.9 Å². The molecule has 0 fully saturated rings. The van der Waals surface area contributed by atoms with Gasteiger partial charge in [0.05, 0.1) is 28.9 Å². The summed E-state index contributed by atoms with van der Waals surface area (Å²) in [5, 5.41) is 11.8. The van der Waals surface area contributed by atoms with Crippen LogP contribution in [-0.4, -0.2) is 33.4 Å². The van der Waals surface area contributed by atoms with Gasteiger partial charge in [-0.3, -0.25) is 9.36 Å². The summed E-state index contributed by atoms with van der Waals surface area (Å²) in [6.07, 6.45) is -4.54. The van der Waals surface area contributed by atoms with Crippen LogP contribution >= 0.6 is 0 Å². The first kappa shape index (κ1) is 20.5. The Kier molecular flexibility index (Phi) is 4.35. The topological polar surface area (TPSA) is 90.7 Å². The predicted octanol–water partition coefficient (Wildman–Crippen LogP) is 3.02. The van der Waals surface area contributed by atoms with E-state index in [0.717, 1.165) is 5.39 Å². The summed E-state index contributed by atoms with van der Waals surface area (Å²) in [6.45, 7) is -1.24. The number of rotatable bonds is 4. The van der Waals surface area contributed by atoms with Crippen molar-refractivity contribution in [3.8, 4) is 17.1 Å². The highest BCUT2D eigenvalue weighted by atomic mass is 19.3. The first-order valence-electron chi connectivity index (χ1n) is 9.91. The molecule has 32 heavy (non-hydrogen) atoms. The number of carbonyl (C=O) groups is 1. The molecule has 10 heteroatoms. The molecule has 3 aromatic rings. The number of esters is 1. The first-order chi connectivity index (χ1) is 15.2. The van der Waals surface area contributed by atoms with Crippen LogP contribution in [0.3, 0.4) is 0 Å². The van der Waals surface area contributed by atoms with E-state index in [-0.39, 0.29) is 29.9 Å². The number of pyridine rings is 2. The number of aromatic nitrogens is 2. The minimum Gasteiger partial charge on any atom is -0.458 e. The lowest BCUT2D eigenvalue weighted by molar-refractivity contribution is -0.190. The van der Waals surface area contributed by atoms with E-state index >= 15 is 0 Å². The second-order valence-corrected chi connectivity index (χ2v) is 7.77. The van der Waals surface area contributed by atoms with Crippen LogP contribution in [0.1, 0.15) is 30.0 Å². The lowest BCUT2D eigenvalue weighted by atomic mass is 9.85. The molecule has 1 aromatic carbocycles. The minimum atomic E-state index is -4.26. The van der Waals surface area contributed by atoms with Crippen LogP contribution in [0, 0.1) is 0 Å². The zero-order valence-corrected chi connectivity index (χ0v) is 16.8. The fraction of sp³-hybridized carbons (Fsp3) is 0.318. The van der Waals surface area contributed by atoms with Gasteiger partial charge >= 0.3 is 12.1 Å². The number of hydrogen-bond donors (Lipinski definition) is 1. The second kappa shape index (κ2) is 6.80. The van der Waals surface area contributed by atoms with Crippen molar-refractivity contribution in [2.75, 3.05) is 6.67 Å². The van der Waals surface area contributed by atoms with Crippen molar-refractivity contribution in [2.45, 2.75) is 38.2 Å². The third-order valence-electron chi connectivity index (χ3n) is 5.89. The Labute approximate surface area is 179 Å². The fourth-order valence-corrected chi connectivity index (χ4v) is 4.32. The third kappa shape index (κ3) is 2.75. The zero-order chi connectivity index (χ0) is 22.8. The molecule has 2 aliphatic heterocycles. The maximum Gasteiger partial charge on any atom is 0.427 e. The number of nitrogens with zero attached hydrogens (tertiary/aromatic N) is 2. The van der Waals surface area contributed by atoms with Gasteiger partial charge in [0.15, 0.2) is 18.0 Å². The molecule has 0 saturated carbocycles. The SMILES string of the molecule is CC[C@@]1(O)C(=O)OCc2c1c(OC(F)(F)CF)c1n(c2=O)Cc2cc3ccccc3nc2-1. The molecule has 1 N–H and O–H groups in total. The van der Waals surface area contributed by atoms with E-state index in [9.17, 15) is 27.9 Å². The van der Waals surface area contributed by atoms with Gasteiger partial charge in [0.25, 0.3) is 5.56 Å². The van der Waals surface area contributed by atoms with Gasteiger partial charge in [0.2, 0.25) is 0 Å². The quantitative estimate of drug-likeness (QED) is 0.485. The average molecular weight is 446 g/mol. The second-order valence-electron chi connectivity index (χ2n) is 7.77. The summed E-state index contributed by atoms with van der Waals surface area (Å²) in [5.41, 5.74) is -2.52. The normalized spacial score (nSPS) is 19.3. The van der Waals surface area contributed by atoms with E-state index in [1.165, 1.54) is 11.5 Å². The van der Waals surface area contributed by atoms with Crippen molar-refractivity contribution in [3.63, 3.8) is 0 Å². The molecule has 0 saturated heterocycles. The van der Waals surface area contributed by atoms with Gasteiger partial charge in [0.1, 0.15) is 12.3 Å². The summed E-state index contributed by atoms with van der Waals surface area (Å²) < 4.78 is 52.3. The monoisotopic (exact) mass is 446 g/mol. The number of para-hydroxylation sites is 1. The summed E-state index contributed by atoms with van der Waals surface area (Å²) in [4.78, 5) is 30.2. The summed E-state index contributed by atoms with van der Waals surface area (Å²) >= 11 is 0. The van der Waals surface area contributed by atoms with E-state index in [1.54, 1.807) is 18.2 Å². The predicted molar refractivity (Wildman–Crippen MR) is 106 cm³/mol. The van der Waals surface area contributed by atoms with Gasteiger partial charge in [-0.2, -0.15) is 8.78 Å². The molecule has 0 unspecified atom stereocenters. The van der Waals surface area contributed by atoms with Gasteiger partial charge < -0.3 is 14.6 Å². The van der Waals surface area contributed by atoms with E-state index in [0.29, 0.717) is 11.1 Å². The molecule has 5 rings (SSSR count). The lowest BCUT2D eigenvalue weighted by Crippen LogP contribution is -2.45. The number of carbonyl (C=O) groups excluding carboxylic acids is 1. The molecule has 0 bridgehead atoms. The molecule has 0 spiro atoms. The Hall–Kier alpha value is -3.40. The van der Waals surface area contributed by atoms with Gasteiger partial charge in [-0.25, -0.2) is 14.2 Å². The Bertz CT molecular complexity index is 1350. The zero-order valence-electron chi connectivity index (χ0n) is 16.8. The highest BCUT2D eigenvalue weighted by Crippen LogP contribution is 2.48. The highest BCUT2D eigenvalue weighted by Gasteiger charge is 2.50. The lowest BCUT2D eigenvalue weighted by Gasteiger charge is -2.34. The highest BCUT2D eigenvalue weighted by molar-refractivity contribution is 5.89. The molecule has 2 aromatic heterocycles. The van der Waals surface area contributed by atoms with E-state index in [2.05, 4.69) is 4.98 Å². The number of alkyl halides is 3. The number of fused-ring (bicyclic) bond motifs is 5. The van der Waals surface area contributed by atoms with Crippen molar-refractivity contribution in [1.29, 1.82) is 0 Å². The minimum absolute atomic E-state index is 0.00463. The molecule has 7 nitrogen and oxygen atoms in total. The van der Waals surface area contributed by atoms with Crippen LogP contribution in [-0.2, 0) is 28.3 Å². The van der Waals surface area contributed by atoms with E-state index < -0.39 is 47.8 Å². The summed E-state index contributed by atoms with van der Waals surface area (Å²) in [6, 6.07) is 8.86. The number of benzene rings is 1. The first-order valence-corrected chi connectivity index (χ1v) is 9.91. The fourth-order valence-electron chi connectivity index (χ4n) is 4.32. The molecule has 166 valence electrons. The van der Waals surface area contributed by atoms with E-state index in [4.69, 9.17) is 9.47 Å². The van der Waals surface area contributed by atoms with Crippen molar-refractivity contribution >= 4 is 16.9 Å². The summed E-state index contributed by atoms with van der Waals surface area (Å²) in [5.74, 6) is -1.75. The van der Waals surface area contributed by atoms with Crippen LogP contribution in [0.15, 0.2) is 35.1 Å². The van der Waals surface area contributed by atoms with Gasteiger partial charge in [-0.05, 0) is 18.6 Å². The smallest absolute Gasteiger partial charge is 0.427 e. The third-order valence-corrected chi connectivity index (χ3v) is 5.89. The van der Waals surface area contributed by atoms with Crippen molar-refractivity contribution < 1.29 is 32.5 Å². The Morgan fingerprint density at radius 3 is 2.78 bits per heavy atom. The van der Waals surface area contributed by atoms with Crippen LogP contribution in [0.4, 0.5) is 13.2 Å². The van der Waals surface area contributed by atoms with Crippen LogP contribution < -0.4 is 10.3 Å².